The lowest BCUT2D eigenvalue weighted by molar-refractivity contribution is -0.187. The van der Waals surface area contributed by atoms with Gasteiger partial charge in [-0.05, 0) is 24.3 Å². The molecular formula is C20H24O6. The number of rotatable bonds is 3. The van der Waals surface area contributed by atoms with Gasteiger partial charge in [-0.3, -0.25) is 4.79 Å². The van der Waals surface area contributed by atoms with Gasteiger partial charge in [-0.1, -0.05) is 63.1 Å². The van der Waals surface area contributed by atoms with Gasteiger partial charge in [0.25, 0.3) is 5.97 Å². The van der Waals surface area contributed by atoms with Gasteiger partial charge in [0.05, 0.1) is 11.1 Å². The van der Waals surface area contributed by atoms with Crippen LogP contribution < -0.4 is 0 Å². The van der Waals surface area contributed by atoms with E-state index in [4.69, 9.17) is 9.90 Å². The van der Waals surface area contributed by atoms with Gasteiger partial charge in [-0.15, -0.1) is 0 Å². The van der Waals surface area contributed by atoms with Gasteiger partial charge in [0.1, 0.15) is 0 Å². The van der Waals surface area contributed by atoms with E-state index in [0.717, 1.165) is 6.92 Å². The Morgan fingerprint density at radius 2 is 1.00 bits per heavy atom. The third kappa shape index (κ3) is 11.4. The minimum absolute atomic E-state index is 0.318. The first-order valence-electron chi connectivity index (χ1n) is 8.15. The summed E-state index contributed by atoms with van der Waals surface area (Å²) in [4.78, 5) is 40.9. The maximum atomic E-state index is 11.5. The highest BCUT2D eigenvalue weighted by Gasteiger charge is 2.12. The Morgan fingerprint density at radius 3 is 1.23 bits per heavy atom. The van der Waals surface area contributed by atoms with Crippen molar-refractivity contribution in [3.05, 3.63) is 71.8 Å². The van der Waals surface area contributed by atoms with Crippen molar-refractivity contribution in [3.63, 3.8) is 0 Å². The number of unbranched alkanes of at least 4 members (excludes halogenated alkanes) is 1. The lowest BCUT2D eigenvalue weighted by Gasteiger charge is -2.02. The standard InChI is InChI=1S/C14H10O4.C4H10.C2H4O2/c15-13(11-7-3-1-4-8-11)17-18-14(16)12-9-5-2-6-10-12;1-3-4-2;1-2(3)4/h1-10H;3-4H2,1-2H3;1H3,(H,3,4). The molecule has 6 nitrogen and oxygen atoms in total. The van der Waals surface area contributed by atoms with Gasteiger partial charge in [-0.25, -0.2) is 19.4 Å². The average molecular weight is 360 g/mol. The van der Waals surface area contributed by atoms with Crippen LogP contribution in [0.4, 0.5) is 0 Å². The summed E-state index contributed by atoms with van der Waals surface area (Å²) in [5.74, 6) is -2.25. The third-order valence-corrected chi connectivity index (χ3v) is 2.71. The van der Waals surface area contributed by atoms with Gasteiger partial charge < -0.3 is 5.11 Å². The lowest BCUT2D eigenvalue weighted by Crippen LogP contribution is -2.11. The molecule has 0 aliphatic heterocycles. The number of hydrogen-bond acceptors (Lipinski definition) is 5. The largest absolute Gasteiger partial charge is 0.481 e. The highest BCUT2D eigenvalue weighted by Crippen LogP contribution is 2.05. The molecule has 140 valence electrons. The van der Waals surface area contributed by atoms with Crippen LogP contribution in [-0.4, -0.2) is 23.0 Å². The number of aliphatic carboxylic acids is 1. The molecule has 2 rings (SSSR count). The first-order chi connectivity index (χ1) is 12.4. The van der Waals surface area contributed by atoms with Crippen LogP contribution in [0.15, 0.2) is 60.7 Å². The zero-order chi connectivity index (χ0) is 19.8. The van der Waals surface area contributed by atoms with Crippen LogP contribution in [0, 0.1) is 0 Å². The molecule has 0 radical (unpaired) electrons. The van der Waals surface area contributed by atoms with E-state index in [9.17, 15) is 9.59 Å². The first-order valence-corrected chi connectivity index (χ1v) is 8.15. The van der Waals surface area contributed by atoms with Crippen LogP contribution in [0.3, 0.4) is 0 Å². The van der Waals surface area contributed by atoms with E-state index in [-0.39, 0.29) is 0 Å². The van der Waals surface area contributed by atoms with E-state index in [2.05, 4.69) is 23.6 Å². The molecule has 0 saturated carbocycles. The summed E-state index contributed by atoms with van der Waals surface area (Å²) in [5.41, 5.74) is 0.636. The van der Waals surface area contributed by atoms with Crippen LogP contribution in [-0.2, 0) is 14.6 Å². The van der Waals surface area contributed by atoms with Crippen LogP contribution in [0.25, 0.3) is 0 Å². The van der Waals surface area contributed by atoms with Gasteiger partial charge in [0.15, 0.2) is 0 Å². The van der Waals surface area contributed by atoms with Crippen molar-refractivity contribution < 1.29 is 29.3 Å². The molecule has 0 atom stereocenters. The Morgan fingerprint density at radius 1 is 0.731 bits per heavy atom. The summed E-state index contributed by atoms with van der Waals surface area (Å²) < 4.78 is 0. The maximum absolute atomic E-state index is 11.5. The molecule has 0 aromatic heterocycles. The number of carbonyl (C=O) groups excluding carboxylic acids is 2. The molecule has 0 spiro atoms. The SMILES string of the molecule is CC(=O)O.CCCC.O=C(OOC(=O)c1ccccc1)c1ccccc1. The highest BCUT2D eigenvalue weighted by atomic mass is 17.2. The van der Waals surface area contributed by atoms with Gasteiger partial charge >= 0.3 is 11.9 Å². The third-order valence-electron chi connectivity index (χ3n) is 2.71. The molecule has 0 amide bonds. The van der Waals surface area contributed by atoms with Crippen molar-refractivity contribution >= 4 is 17.9 Å². The normalized spacial score (nSPS) is 8.73. The van der Waals surface area contributed by atoms with Crippen molar-refractivity contribution in [1.82, 2.24) is 0 Å². The number of carboxylic acid groups (broad SMARTS) is 1. The molecular weight excluding hydrogens is 336 g/mol. The zero-order valence-corrected chi connectivity index (χ0v) is 15.2. The number of hydrogen-bond donors (Lipinski definition) is 1. The fourth-order valence-electron chi connectivity index (χ4n) is 1.32. The van der Waals surface area contributed by atoms with Crippen LogP contribution in [0.5, 0.6) is 0 Å². The second-order valence-corrected chi connectivity index (χ2v) is 4.99. The average Bonchev–Trinajstić information content (AvgIpc) is 2.67. The summed E-state index contributed by atoms with van der Waals surface area (Å²) in [6.45, 7) is 5.44. The van der Waals surface area contributed by atoms with Crippen LogP contribution in [0.1, 0.15) is 54.3 Å². The summed E-state index contributed by atoms with van der Waals surface area (Å²) in [5, 5.41) is 7.42. The summed E-state index contributed by atoms with van der Waals surface area (Å²) in [7, 11) is 0. The molecule has 0 fully saturated rings. The minimum atomic E-state index is -0.833. The zero-order valence-electron chi connectivity index (χ0n) is 15.2. The molecule has 2 aromatic carbocycles. The highest BCUT2D eigenvalue weighted by molar-refractivity contribution is 5.92. The summed E-state index contributed by atoms with van der Waals surface area (Å²) in [6, 6.07) is 16.6. The van der Waals surface area contributed by atoms with Crippen molar-refractivity contribution in [1.29, 1.82) is 0 Å². The molecule has 6 heteroatoms. The van der Waals surface area contributed by atoms with Crippen molar-refractivity contribution in [2.24, 2.45) is 0 Å². The molecule has 0 aliphatic rings. The topological polar surface area (TPSA) is 89.9 Å². The molecule has 2 aromatic rings. The molecule has 0 bridgehead atoms. The Hall–Kier alpha value is -3.15. The number of benzene rings is 2. The second kappa shape index (κ2) is 14.2. The van der Waals surface area contributed by atoms with E-state index < -0.39 is 17.9 Å². The Balaban J connectivity index is 0.000000662. The second-order valence-electron chi connectivity index (χ2n) is 4.99. The minimum Gasteiger partial charge on any atom is -0.481 e. The van der Waals surface area contributed by atoms with E-state index >= 15 is 0 Å². The van der Waals surface area contributed by atoms with Crippen LogP contribution >= 0.6 is 0 Å². The fraction of sp³-hybridized carbons (Fsp3) is 0.250. The van der Waals surface area contributed by atoms with Crippen LogP contribution in [0.2, 0.25) is 0 Å². The molecule has 0 aliphatic carbocycles. The number of carbonyl (C=O) groups is 3. The maximum Gasteiger partial charge on any atom is 0.386 e. The van der Waals surface area contributed by atoms with E-state index in [1.807, 2.05) is 0 Å². The Bertz CT molecular complexity index is 595. The molecule has 0 heterocycles. The number of carboxylic acids is 1. The Labute approximate surface area is 153 Å². The van der Waals surface area contributed by atoms with E-state index in [1.54, 1.807) is 60.7 Å². The van der Waals surface area contributed by atoms with Gasteiger partial charge in [0, 0.05) is 6.92 Å². The van der Waals surface area contributed by atoms with E-state index in [1.165, 1.54) is 12.8 Å². The first kappa shape index (κ1) is 22.9. The van der Waals surface area contributed by atoms with E-state index in [0.29, 0.717) is 11.1 Å². The smallest absolute Gasteiger partial charge is 0.386 e. The summed E-state index contributed by atoms with van der Waals surface area (Å²) >= 11 is 0. The Kier molecular flexibility index (Phi) is 12.5. The predicted octanol–water partition coefficient (Wildman–Crippen LogP) is 4.51. The van der Waals surface area contributed by atoms with Crippen molar-refractivity contribution in [2.75, 3.05) is 0 Å². The monoisotopic (exact) mass is 360 g/mol. The predicted molar refractivity (Wildman–Crippen MR) is 97.6 cm³/mol. The quantitative estimate of drug-likeness (QED) is 0.640. The molecule has 0 unspecified atom stereocenters. The van der Waals surface area contributed by atoms with Gasteiger partial charge in [0.2, 0.25) is 0 Å². The molecule has 0 saturated heterocycles. The summed E-state index contributed by atoms with van der Waals surface area (Å²) in [6.07, 6.45) is 2.64. The lowest BCUT2D eigenvalue weighted by atomic mass is 10.2. The molecule has 26 heavy (non-hydrogen) atoms. The van der Waals surface area contributed by atoms with Gasteiger partial charge in [-0.2, -0.15) is 0 Å². The van der Waals surface area contributed by atoms with Crippen molar-refractivity contribution in [3.8, 4) is 0 Å². The fourth-order valence-corrected chi connectivity index (χ4v) is 1.32. The molecule has 1 N–H and O–H groups in total. The van der Waals surface area contributed by atoms with Crippen molar-refractivity contribution in [2.45, 2.75) is 33.6 Å².